The molecule has 1 aliphatic heterocycles. The molecule has 6 nitrogen and oxygen atoms in total. The van der Waals surface area contributed by atoms with E-state index < -0.39 is 5.54 Å². The van der Waals surface area contributed by atoms with Crippen LogP contribution in [0.1, 0.15) is 32.1 Å². The van der Waals surface area contributed by atoms with Crippen LogP contribution in [-0.2, 0) is 9.59 Å². The standard InChI is InChI=1S/C19H26FN3O3.ClH/c20-15-4-6-16(7-5-15)26-14-17(24)22-10-12-23(13-11-22)18(25)19(21)8-2-1-3-9-19;/h4-7H,1-3,8-14,21H2;1H. The van der Waals surface area contributed by atoms with Crippen LogP contribution in [0.15, 0.2) is 24.3 Å². The minimum absolute atomic E-state index is 0. The van der Waals surface area contributed by atoms with E-state index in [4.69, 9.17) is 10.5 Å². The van der Waals surface area contributed by atoms with Crippen molar-refractivity contribution < 1.29 is 18.7 Å². The van der Waals surface area contributed by atoms with Crippen LogP contribution in [-0.4, -0.2) is 59.9 Å². The number of rotatable bonds is 4. The third-order valence-corrected chi connectivity index (χ3v) is 5.27. The molecule has 2 fully saturated rings. The minimum atomic E-state index is -0.726. The average molecular weight is 400 g/mol. The number of amides is 2. The molecule has 27 heavy (non-hydrogen) atoms. The highest BCUT2D eigenvalue weighted by Crippen LogP contribution is 2.28. The third-order valence-electron chi connectivity index (χ3n) is 5.27. The Morgan fingerprint density at radius 1 is 1.00 bits per heavy atom. The van der Waals surface area contributed by atoms with E-state index >= 15 is 0 Å². The molecule has 0 unspecified atom stereocenters. The van der Waals surface area contributed by atoms with Crippen LogP contribution in [0.25, 0.3) is 0 Å². The highest BCUT2D eigenvalue weighted by molar-refractivity contribution is 5.86. The number of hydrogen-bond donors (Lipinski definition) is 1. The van der Waals surface area contributed by atoms with E-state index in [9.17, 15) is 14.0 Å². The fraction of sp³-hybridized carbons (Fsp3) is 0.579. The molecule has 2 amide bonds. The summed E-state index contributed by atoms with van der Waals surface area (Å²) in [6, 6.07) is 5.56. The number of carbonyl (C=O) groups excluding carboxylic acids is 2. The SMILES string of the molecule is Cl.NC1(C(=O)N2CCN(C(=O)COc3ccc(F)cc3)CC2)CCCCC1. The van der Waals surface area contributed by atoms with Crippen molar-refractivity contribution in [2.75, 3.05) is 32.8 Å². The van der Waals surface area contributed by atoms with Crippen LogP contribution in [0.5, 0.6) is 5.75 Å². The largest absolute Gasteiger partial charge is 0.484 e. The summed E-state index contributed by atoms with van der Waals surface area (Å²) in [7, 11) is 0. The fourth-order valence-electron chi connectivity index (χ4n) is 3.64. The first-order valence-electron chi connectivity index (χ1n) is 9.22. The predicted octanol–water partition coefficient (Wildman–Crippen LogP) is 1.96. The molecule has 8 heteroatoms. The maximum atomic E-state index is 12.9. The number of hydrogen-bond acceptors (Lipinski definition) is 4. The predicted molar refractivity (Wildman–Crippen MR) is 102 cm³/mol. The van der Waals surface area contributed by atoms with E-state index in [1.807, 2.05) is 0 Å². The fourth-order valence-corrected chi connectivity index (χ4v) is 3.64. The molecule has 150 valence electrons. The summed E-state index contributed by atoms with van der Waals surface area (Å²) in [5.74, 6) is -0.00976. The highest BCUT2D eigenvalue weighted by Gasteiger charge is 2.39. The van der Waals surface area contributed by atoms with E-state index in [0.29, 0.717) is 31.9 Å². The summed E-state index contributed by atoms with van der Waals surface area (Å²) in [6.07, 6.45) is 4.64. The van der Waals surface area contributed by atoms with Crippen LogP contribution in [0, 0.1) is 5.82 Å². The van der Waals surface area contributed by atoms with Crippen molar-refractivity contribution in [1.82, 2.24) is 9.80 Å². The van der Waals surface area contributed by atoms with Gasteiger partial charge < -0.3 is 20.3 Å². The second kappa shape index (κ2) is 9.37. The second-order valence-corrected chi connectivity index (χ2v) is 7.13. The lowest BCUT2D eigenvalue weighted by Crippen LogP contribution is -2.60. The van der Waals surface area contributed by atoms with Gasteiger partial charge in [0.25, 0.3) is 5.91 Å². The van der Waals surface area contributed by atoms with Gasteiger partial charge in [0.2, 0.25) is 5.91 Å². The maximum Gasteiger partial charge on any atom is 0.260 e. The number of ether oxygens (including phenoxy) is 1. The van der Waals surface area contributed by atoms with Gasteiger partial charge in [0.05, 0.1) is 5.54 Å². The van der Waals surface area contributed by atoms with Gasteiger partial charge in [-0.1, -0.05) is 19.3 Å². The van der Waals surface area contributed by atoms with Gasteiger partial charge in [0.15, 0.2) is 6.61 Å². The Morgan fingerprint density at radius 3 is 2.15 bits per heavy atom. The van der Waals surface area contributed by atoms with E-state index in [1.54, 1.807) is 9.80 Å². The smallest absolute Gasteiger partial charge is 0.260 e. The molecule has 1 saturated heterocycles. The van der Waals surface area contributed by atoms with Gasteiger partial charge in [0, 0.05) is 26.2 Å². The van der Waals surface area contributed by atoms with Crippen LogP contribution < -0.4 is 10.5 Å². The Labute approximate surface area is 165 Å². The lowest BCUT2D eigenvalue weighted by Gasteiger charge is -2.41. The molecule has 0 spiro atoms. The summed E-state index contributed by atoms with van der Waals surface area (Å²) >= 11 is 0. The Bertz CT molecular complexity index is 642. The van der Waals surface area contributed by atoms with E-state index in [0.717, 1.165) is 32.1 Å². The summed E-state index contributed by atoms with van der Waals surface area (Å²) in [6.45, 7) is 1.86. The van der Waals surface area contributed by atoms with Crippen LogP contribution in [0.3, 0.4) is 0 Å². The summed E-state index contributed by atoms with van der Waals surface area (Å²) < 4.78 is 18.3. The first-order chi connectivity index (χ1) is 12.5. The van der Waals surface area contributed by atoms with Gasteiger partial charge in [-0.15, -0.1) is 12.4 Å². The van der Waals surface area contributed by atoms with Crippen LogP contribution in [0.4, 0.5) is 4.39 Å². The van der Waals surface area contributed by atoms with Crippen molar-refractivity contribution in [1.29, 1.82) is 0 Å². The summed E-state index contributed by atoms with van der Waals surface area (Å²) in [5, 5.41) is 0. The number of nitrogens with zero attached hydrogens (tertiary/aromatic N) is 2. The number of halogens is 2. The van der Waals surface area contributed by atoms with Crippen molar-refractivity contribution >= 4 is 24.2 Å². The van der Waals surface area contributed by atoms with Gasteiger partial charge in [-0.25, -0.2) is 4.39 Å². The molecular weight excluding hydrogens is 373 g/mol. The third kappa shape index (κ3) is 5.32. The van der Waals surface area contributed by atoms with Gasteiger partial charge in [-0.05, 0) is 37.1 Å². The number of piperazine rings is 1. The quantitative estimate of drug-likeness (QED) is 0.839. The molecule has 1 aliphatic carbocycles. The van der Waals surface area contributed by atoms with Crippen molar-refractivity contribution in [3.05, 3.63) is 30.1 Å². The molecule has 0 bridgehead atoms. The second-order valence-electron chi connectivity index (χ2n) is 7.13. The molecule has 3 rings (SSSR count). The van der Waals surface area contributed by atoms with Crippen molar-refractivity contribution in [3.8, 4) is 5.75 Å². The first-order valence-corrected chi connectivity index (χ1v) is 9.22. The molecule has 0 aromatic heterocycles. The first kappa shape index (κ1) is 21.4. The van der Waals surface area contributed by atoms with Gasteiger partial charge >= 0.3 is 0 Å². The van der Waals surface area contributed by atoms with Gasteiger partial charge in [-0.2, -0.15) is 0 Å². The minimum Gasteiger partial charge on any atom is -0.484 e. The van der Waals surface area contributed by atoms with Gasteiger partial charge in [0.1, 0.15) is 11.6 Å². The topological polar surface area (TPSA) is 75.9 Å². The van der Waals surface area contributed by atoms with E-state index in [2.05, 4.69) is 0 Å². The van der Waals surface area contributed by atoms with Crippen molar-refractivity contribution in [2.45, 2.75) is 37.6 Å². The summed E-state index contributed by atoms with van der Waals surface area (Å²) in [5.41, 5.74) is 5.61. The molecule has 2 aliphatic rings. The van der Waals surface area contributed by atoms with E-state index in [-0.39, 0.29) is 36.6 Å². The van der Waals surface area contributed by atoms with Crippen molar-refractivity contribution in [3.63, 3.8) is 0 Å². The molecule has 0 radical (unpaired) electrons. The molecule has 0 atom stereocenters. The zero-order chi connectivity index (χ0) is 18.6. The lowest BCUT2D eigenvalue weighted by atomic mass is 9.81. The van der Waals surface area contributed by atoms with Crippen LogP contribution in [0.2, 0.25) is 0 Å². The monoisotopic (exact) mass is 399 g/mol. The molecule has 1 aromatic rings. The Hall–Kier alpha value is -1.86. The summed E-state index contributed by atoms with van der Waals surface area (Å²) in [4.78, 5) is 28.5. The Kier molecular flexibility index (Phi) is 7.44. The normalized spacial score (nSPS) is 19.2. The van der Waals surface area contributed by atoms with Gasteiger partial charge in [-0.3, -0.25) is 9.59 Å². The Morgan fingerprint density at radius 2 is 1.56 bits per heavy atom. The molecular formula is C19H27ClFN3O3. The molecule has 2 N–H and O–H groups in total. The maximum absolute atomic E-state index is 12.9. The lowest BCUT2D eigenvalue weighted by molar-refractivity contribution is -0.144. The zero-order valence-corrected chi connectivity index (χ0v) is 16.2. The molecule has 1 heterocycles. The highest BCUT2D eigenvalue weighted by atomic mass is 35.5. The molecule has 1 saturated carbocycles. The molecule has 1 aromatic carbocycles. The Balaban J connectivity index is 0.00000261. The number of carbonyl (C=O) groups is 2. The zero-order valence-electron chi connectivity index (χ0n) is 15.4. The average Bonchev–Trinajstić information content (AvgIpc) is 2.67. The number of benzene rings is 1. The van der Waals surface area contributed by atoms with E-state index in [1.165, 1.54) is 24.3 Å². The van der Waals surface area contributed by atoms with Crippen LogP contribution >= 0.6 is 12.4 Å². The van der Waals surface area contributed by atoms with Crippen molar-refractivity contribution in [2.24, 2.45) is 5.73 Å². The number of nitrogens with two attached hydrogens (primary N) is 1.